The van der Waals surface area contributed by atoms with Crippen LogP contribution in [0.15, 0.2) is 41.1 Å². The molecule has 0 saturated carbocycles. The lowest BCUT2D eigenvalue weighted by molar-refractivity contribution is -0.139. The molecule has 5 nitrogen and oxygen atoms in total. The number of carbonyl (C=O) groups excluding carboxylic acids is 1. The Labute approximate surface area is 126 Å². The number of carbonyl (C=O) groups is 2. The summed E-state index contributed by atoms with van der Waals surface area (Å²) in [5.74, 6) is -1.09. The minimum atomic E-state index is -1.09. The van der Waals surface area contributed by atoms with E-state index >= 15 is 0 Å². The van der Waals surface area contributed by atoms with Gasteiger partial charge in [0.15, 0.2) is 6.04 Å². The second-order valence-electron chi connectivity index (χ2n) is 4.59. The van der Waals surface area contributed by atoms with E-state index in [0.29, 0.717) is 12.1 Å². The Balaban J connectivity index is 1.96. The summed E-state index contributed by atoms with van der Waals surface area (Å²) in [6.45, 7) is 2.34. The summed E-state index contributed by atoms with van der Waals surface area (Å²) >= 11 is 1.57. The summed E-state index contributed by atoms with van der Waals surface area (Å²) in [6.07, 6.45) is 0. The molecule has 0 bridgehead atoms. The van der Waals surface area contributed by atoms with E-state index in [1.807, 2.05) is 17.7 Å². The van der Waals surface area contributed by atoms with Gasteiger partial charge in [-0.1, -0.05) is 30.3 Å². The maximum atomic E-state index is 11.9. The van der Waals surface area contributed by atoms with E-state index in [0.717, 1.165) is 11.1 Å². The number of thiophene rings is 1. The summed E-state index contributed by atoms with van der Waals surface area (Å²) in [5, 5.41) is 18.3. The summed E-state index contributed by atoms with van der Waals surface area (Å²) < 4.78 is 0. The summed E-state index contributed by atoms with van der Waals surface area (Å²) in [5.41, 5.74) is 2.67. The van der Waals surface area contributed by atoms with Crippen LogP contribution >= 0.6 is 11.3 Å². The molecule has 1 aromatic carbocycles. The van der Waals surface area contributed by atoms with E-state index in [1.165, 1.54) is 0 Å². The number of urea groups is 1. The van der Waals surface area contributed by atoms with Crippen LogP contribution in [0.2, 0.25) is 0 Å². The Morgan fingerprint density at radius 1 is 1.24 bits per heavy atom. The number of nitrogens with one attached hydrogen (secondary N) is 2. The molecule has 0 aliphatic carbocycles. The Hall–Kier alpha value is -2.34. The van der Waals surface area contributed by atoms with Crippen molar-refractivity contribution in [2.75, 3.05) is 0 Å². The molecule has 1 heterocycles. The van der Waals surface area contributed by atoms with E-state index in [2.05, 4.69) is 10.6 Å². The molecule has 1 aromatic heterocycles. The first kappa shape index (κ1) is 15.1. The Kier molecular flexibility index (Phi) is 4.94. The topological polar surface area (TPSA) is 78.4 Å². The van der Waals surface area contributed by atoms with Crippen molar-refractivity contribution in [2.24, 2.45) is 0 Å². The number of aryl methyl sites for hydroxylation is 1. The van der Waals surface area contributed by atoms with E-state index in [1.54, 1.807) is 41.7 Å². The van der Waals surface area contributed by atoms with Gasteiger partial charge in [-0.05, 0) is 34.4 Å². The minimum Gasteiger partial charge on any atom is -0.479 e. The van der Waals surface area contributed by atoms with Crippen LogP contribution < -0.4 is 10.6 Å². The highest BCUT2D eigenvalue weighted by Gasteiger charge is 2.21. The first-order valence-electron chi connectivity index (χ1n) is 6.41. The lowest BCUT2D eigenvalue weighted by Crippen LogP contribution is -2.40. The molecular weight excluding hydrogens is 288 g/mol. The molecule has 0 fully saturated rings. The number of amides is 2. The molecule has 0 unspecified atom stereocenters. The van der Waals surface area contributed by atoms with Crippen molar-refractivity contribution in [1.82, 2.24) is 10.6 Å². The molecule has 3 N–H and O–H groups in total. The quantitative estimate of drug-likeness (QED) is 0.794. The van der Waals surface area contributed by atoms with Gasteiger partial charge in [-0.15, -0.1) is 0 Å². The van der Waals surface area contributed by atoms with Gasteiger partial charge in [-0.3, -0.25) is 0 Å². The van der Waals surface area contributed by atoms with Gasteiger partial charge in [-0.25, -0.2) is 9.59 Å². The standard InChI is InChI=1S/C15H16N2O3S/c1-10-8-21-9-12(10)7-16-15(20)17-13(14(18)19)11-5-3-2-4-6-11/h2-6,8-9,13H,7H2,1H3,(H,18,19)(H2,16,17,20)/t13-/m1/s1. The first-order valence-corrected chi connectivity index (χ1v) is 7.36. The highest BCUT2D eigenvalue weighted by atomic mass is 32.1. The fourth-order valence-electron chi connectivity index (χ4n) is 1.86. The average Bonchev–Trinajstić information content (AvgIpc) is 2.88. The zero-order valence-corrected chi connectivity index (χ0v) is 12.3. The van der Waals surface area contributed by atoms with Crippen LogP contribution in [-0.2, 0) is 11.3 Å². The van der Waals surface area contributed by atoms with Crippen LogP contribution in [0, 0.1) is 6.92 Å². The van der Waals surface area contributed by atoms with Gasteiger partial charge in [0.2, 0.25) is 0 Å². The van der Waals surface area contributed by atoms with Gasteiger partial charge >= 0.3 is 12.0 Å². The van der Waals surface area contributed by atoms with Crippen LogP contribution in [-0.4, -0.2) is 17.1 Å². The molecule has 1 atom stereocenters. The molecule has 0 spiro atoms. The second kappa shape index (κ2) is 6.90. The molecule has 0 saturated heterocycles. The molecule has 0 aliphatic heterocycles. The predicted octanol–water partition coefficient (Wildman–Crippen LogP) is 2.68. The Morgan fingerprint density at radius 3 is 2.52 bits per heavy atom. The summed E-state index contributed by atoms with van der Waals surface area (Å²) in [4.78, 5) is 23.1. The van der Waals surface area contributed by atoms with E-state index in [-0.39, 0.29) is 0 Å². The fraction of sp³-hybridized carbons (Fsp3) is 0.200. The SMILES string of the molecule is Cc1cscc1CNC(=O)N[C@@H](C(=O)O)c1ccccc1. The van der Waals surface area contributed by atoms with Crippen LogP contribution in [0.25, 0.3) is 0 Å². The number of rotatable bonds is 5. The fourth-order valence-corrected chi connectivity index (χ4v) is 2.72. The van der Waals surface area contributed by atoms with Crippen molar-refractivity contribution >= 4 is 23.3 Å². The van der Waals surface area contributed by atoms with Gasteiger partial charge in [0.05, 0.1) is 0 Å². The summed E-state index contributed by atoms with van der Waals surface area (Å²) in [7, 11) is 0. The smallest absolute Gasteiger partial charge is 0.330 e. The molecule has 2 rings (SSSR count). The molecule has 2 aromatic rings. The number of hydrogen-bond acceptors (Lipinski definition) is 3. The highest BCUT2D eigenvalue weighted by molar-refractivity contribution is 7.08. The van der Waals surface area contributed by atoms with Gasteiger partial charge in [0, 0.05) is 6.54 Å². The van der Waals surface area contributed by atoms with E-state index < -0.39 is 18.0 Å². The van der Waals surface area contributed by atoms with Crippen molar-refractivity contribution < 1.29 is 14.7 Å². The van der Waals surface area contributed by atoms with Crippen LogP contribution in [0.3, 0.4) is 0 Å². The molecule has 21 heavy (non-hydrogen) atoms. The average molecular weight is 304 g/mol. The molecule has 110 valence electrons. The van der Waals surface area contributed by atoms with Crippen molar-refractivity contribution in [2.45, 2.75) is 19.5 Å². The van der Waals surface area contributed by atoms with Crippen molar-refractivity contribution in [3.05, 3.63) is 57.8 Å². The molecule has 6 heteroatoms. The largest absolute Gasteiger partial charge is 0.479 e. The number of carboxylic acid groups (broad SMARTS) is 1. The zero-order valence-electron chi connectivity index (χ0n) is 11.5. The molecule has 0 aliphatic rings. The normalized spacial score (nSPS) is 11.7. The van der Waals surface area contributed by atoms with Gasteiger partial charge in [0.1, 0.15) is 0 Å². The number of aliphatic carboxylic acids is 1. The van der Waals surface area contributed by atoms with Crippen molar-refractivity contribution in [3.8, 4) is 0 Å². The minimum absolute atomic E-state index is 0.377. The molecular formula is C15H16N2O3S. The maximum absolute atomic E-state index is 11.9. The van der Waals surface area contributed by atoms with Gasteiger partial charge in [0.25, 0.3) is 0 Å². The van der Waals surface area contributed by atoms with Crippen LogP contribution in [0.4, 0.5) is 4.79 Å². The van der Waals surface area contributed by atoms with Crippen LogP contribution in [0.5, 0.6) is 0 Å². The second-order valence-corrected chi connectivity index (χ2v) is 5.33. The van der Waals surface area contributed by atoms with Crippen molar-refractivity contribution in [3.63, 3.8) is 0 Å². The number of carboxylic acids is 1. The van der Waals surface area contributed by atoms with Crippen molar-refractivity contribution in [1.29, 1.82) is 0 Å². The highest BCUT2D eigenvalue weighted by Crippen LogP contribution is 2.14. The molecule has 0 radical (unpaired) electrons. The van der Waals surface area contributed by atoms with E-state index in [9.17, 15) is 14.7 Å². The number of benzene rings is 1. The lowest BCUT2D eigenvalue weighted by Gasteiger charge is -2.15. The van der Waals surface area contributed by atoms with Crippen LogP contribution in [0.1, 0.15) is 22.7 Å². The van der Waals surface area contributed by atoms with E-state index in [4.69, 9.17) is 0 Å². The summed E-state index contributed by atoms with van der Waals surface area (Å²) in [6, 6.07) is 7.04. The third-order valence-corrected chi connectivity index (χ3v) is 3.97. The molecule has 2 amide bonds. The third-order valence-electron chi connectivity index (χ3n) is 3.06. The monoisotopic (exact) mass is 304 g/mol. The lowest BCUT2D eigenvalue weighted by atomic mass is 10.1. The maximum Gasteiger partial charge on any atom is 0.330 e. The van der Waals surface area contributed by atoms with Gasteiger partial charge in [-0.2, -0.15) is 11.3 Å². The third kappa shape index (κ3) is 4.06. The number of hydrogen-bond donors (Lipinski definition) is 3. The first-order chi connectivity index (χ1) is 10.1. The van der Waals surface area contributed by atoms with Gasteiger partial charge < -0.3 is 15.7 Å². The zero-order chi connectivity index (χ0) is 15.2. The predicted molar refractivity (Wildman–Crippen MR) is 81.2 cm³/mol. The Bertz CT molecular complexity index is 625. The Morgan fingerprint density at radius 2 is 1.95 bits per heavy atom.